The minimum absolute atomic E-state index is 0.0546. The van der Waals surface area contributed by atoms with Crippen LogP contribution in [0.2, 0.25) is 0 Å². The zero-order valence-electron chi connectivity index (χ0n) is 19.7. The van der Waals surface area contributed by atoms with E-state index in [2.05, 4.69) is 9.80 Å². The number of carboxylic acid groups (broad SMARTS) is 1. The Balaban J connectivity index is 1.51. The van der Waals surface area contributed by atoms with Crippen LogP contribution in [0.25, 0.3) is 11.0 Å². The smallest absolute Gasteiger partial charge is 0.335 e. The Bertz CT molecular complexity index is 1410. The molecule has 1 aliphatic heterocycles. The second-order valence-corrected chi connectivity index (χ2v) is 9.00. The minimum Gasteiger partial charge on any atom is -0.478 e. The van der Waals surface area contributed by atoms with E-state index in [1.165, 1.54) is 30.3 Å². The molecule has 0 bridgehead atoms. The van der Waals surface area contributed by atoms with E-state index in [9.17, 15) is 23.1 Å². The third-order valence-corrected chi connectivity index (χ3v) is 6.55. The number of carboxylic acids is 1. The summed E-state index contributed by atoms with van der Waals surface area (Å²) in [6.45, 7) is 3.59. The number of benzene rings is 3. The van der Waals surface area contributed by atoms with Crippen LogP contribution in [0, 0.1) is 5.82 Å². The van der Waals surface area contributed by atoms with Crippen molar-refractivity contribution >= 4 is 28.6 Å². The van der Waals surface area contributed by atoms with Gasteiger partial charge in [0.1, 0.15) is 5.82 Å². The molecule has 1 fully saturated rings. The van der Waals surface area contributed by atoms with Gasteiger partial charge in [-0.15, -0.1) is 0 Å². The van der Waals surface area contributed by atoms with Gasteiger partial charge in [-0.2, -0.15) is 0 Å². The lowest BCUT2D eigenvalue weighted by Gasteiger charge is -2.37. The van der Waals surface area contributed by atoms with E-state index in [-0.39, 0.29) is 23.5 Å². The molecule has 4 aromatic rings. The van der Waals surface area contributed by atoms with Gasteiger partial charge in [-0.3, -0.25) is 0 Å². The molecular formula is C27H25F3N4O2. The average Bonchev–Trinajstić information content (AvgIpc) is 3.22. The Morgan fingerprint density at radius 2 is 1.64 bits per heavy atom. The highest BCUT2D eigenvalue weighted by Crippen LogP contribution is 2.33. The summed E-state index contributed by atoms with van der Waals surface area (Å²) < 4.78 is 43.9. The molecule has 0 spiro atoms. The Kier molecular flexibility index (Phi) is 6.07. The first-order valence-corrected chi connectivity index (χ1v) is 11.7. The average molecular weight is 495 g/mol. The SMILES string of the molecule is CC(F)(F)c1ccccc1Cn1c(N2CCN(c3ccc(F)cc3)CC2)nc2cc(C(=O)O)ccc21. The molecule has 0 aliphatic carbocycles. The zero-order valence-corrected chi connectivity index (χ0v) is 19.7. The quantitative estimate of drug-likeness (QED) is 0.391. The van der Waals surface area contributed by atoms with Gasteiger partial charge >= 0.3 is 5.97 Å². The van der Waals surface area contributed by atoms with Crippen LogP contribution in [0.5, 0.6) is 0 Å². The molecule has 36 heavy (non-hydrogen) atoms. The molecule has 6 nitrogen and oxygen atoms in total. The summed E-state index contributed by atoms with van der Waals surface area (Å²) in [5.41, 5.74) is 2.62. The van der Waals surface area contributed by atoms with Crippen molar-refractivity contribution in [3.05, 3.63) is 89.2 Å². The third kappa shape index (κ3) is 4.60. The van der Waals surface area contributed by atoms with Crippen LogP contribution in [0.1, 0.15) is 28.4 Å². The number of rotatable bonds is 6. The number of carbonyl (C=O) groups is 1. The molecule has 5 rings (SSSR count). The molecule has 0 atom stereocenters. The monoisotopic (exact) mass is 494 g/mol. The predicted octanol–water partition coefficient (Wildman–Crippen LogP) is 5.36. The number of imidazole rings is 1. The Morgan fingerprint density at radius 3 is 2.31 bits per heavy atom. The van der Waals surface area contributed by atoms with E-state index in [1.54, 1.807) is 36.4 Å². The number of anilines is 2. The molecule has 9 heteroatoms. The molecule has 1 aromatic heterocycles. The van der Waals surface area contributed by atoms with E-state index < -0.39 is 11.9 Å². The van der Waals surface area contributed by atoms with Crippen LogP contribution >= 0.6 is 0 Å². The second kappa shape index (κ2) is 9.22. The number of nitrogens with zero attached hydrogens (tertiary/aromatic N) is 4. The first kappa shape index (κ1) is 23.7. The number of hydrogen-bond acceptors (Lipinski definition) is 4. The minimum atomic E-state index is -3.01. The molecule has 0 amide bonds. The fourth-order valence-electron chi connectivity index (χ4n) is 4.72. The lowest BCUT2D eigenvalue weighted by Crippen LogP contribution is -2.47. The van der Waals surface area contributed by atoms with Gasteiger partial charge in [0.05, 0.1) is 23.1 Å². The van der Waals surface area contributed by atoms with E-state index in [1.807, 2.05) is 4.57 Å². The summed E-state index contributed by atoms with van der Waals surface area (Å²) in [7, 11) is 0. The number of halogens is 3. The summed E-state index contributed by atoms with van der Waals surface area (Å²) in [4.78, 5) is 20.5. The van der Waals surface area contributed by atoms with Crippen LogP contribution in [-0.4, -0.2) is 46.8 Å². The van der Waals surface area contributed by atoms with Gasteiger partial charge in [0.15, 0.2) is 0 Å². The fourth-order valence-corrected chi connectivity index (χ4v) is 4.72. The first-order valence-electron chi connectivity index (χ1n) is 11.7. The van der Waals surface area contributed by atoms with Gasteiger partial charge < -0.3 is 19.5 Å². The van der Waals surface area contributed by atoms with Crippen molar-refractivity contribution < 1.29 is 23.1 Å². The highest BCUT2D eigenvalue weighted by Gasteiger charge is 2.29. The summed E-state index contributed by atoms with van der Waals surface area (Å²) in [5, 5.41) is 9.43. The Hall–Kier alpha value is -4.01. The molecule has 0 unspecified atom stereocenters. The molecule has 2 heterocycles. The van der Waals surface area contributed by atoms with E-state index in [0.717, 1.165) is 12.6 Å². The van der Waals surface area contributed by atoms with E-state index in [0.29, 0.717) is 48.7 Å². The maximum Gasteiger partial charge on any atom is 0.335 e. The van der Waals surface area contributed by atoms with Crippen molar-refractivity contribution in [3.63, 3.8) is 0 Å². The van der Waals surface area contributed by atoms with Gasteiger partial charge in [0, 0.05) is 44.4 Å². The molecule has 1 saturated heterocycles. The Morgan fingerprint density at radius 1 is 0.972 bits per heavy atom. The molecular weight excluding hydrogens is 469 g/mol. The van der Waals surface area contributed by atoms with Crippen LogP contribution < -0.4 is 9.80 Å². The Labute approximate surface area is 206 Å². The summed E-state index contributed by atoms with van der Waals surface area (Å²) in [5.74, 6) is -3.76. The van der Waals surface area contributed by atoms with Crippen LogP contribution in [0.3, 0.4) is 0 Å². The van der Waals surface area contributed by atoms with Gasteiger partial charge in [0.2, 0.25) is 5.95 Å². The normalized spacial score (nSPS) is 14.4. The van der Waals surface area contributed by atoms with E-state index in [4.69, 9.17) is 4.98 Å². The summed E-state index contributed by atoms with van der Waals surface area (Å²) in [6.07, 6.45) is 0. The molecule has 0 radical (unpaired) electrons. The highest BCUT2D eigenvalue weighted by atomic mass is 19.3. The number of aromatic nitrogens is 2. The van der Waals surface area contributed by atoms with Crippen molar-refractivity contribution in [2.24, 2.45) is 0 Å². The van der Waals surface area contributed by atoms with Crippen LogP contribution in [0.15, 0.2) is 66.7 Å². The van der Waals surface area contributed by atoms with Crippen LogP contribution in [-0.2, 0) is 12.5 Å². The molecule has 1 aliphatic rings. The maximum atomic E-state index is 14.4. The van der Waals surface area contributed by atoms with Crippen molar-refractivity contribution in [2.45, 2.75) is 19.4 Å². The van der Waals surface area contributed by atoms with Gasteiger partial charge in [0.25, 0.3) is 5.92 Å². The second-order valence-electron chi connectivity index (χ2n) is 9.00. The summed E-state index contributed by atoms with van der Waals surface area (Å²) in [6, 6.07) is 17.5. The standard InChI is InChI=1S/C27H25F3N4O2/c1-27(29,30)22-5-3-2-4-19(22)17-34-24-11-6-18(25(35)36)16-23(24)31-26(34)33-14-12-32(13-15-33)21-9-7-20(28)8-10-21/h2-11,16H,12-15,17H2,1H3,(H,35,36). The lowest BCUT2D eigenvalue weighted by atomic mass is 10.0. The number of aromatic carboxylic acids is 1. The molecule has 3 aromatic carbocycles. The van der Waals surface area contributed by atoms with E-state index >= 15 is 0 Å². The number of piperazine rings is 1. The van der Waals surface area contributed by atoms with Crippen molar-refractivity contribution in [2.75, 3.05) is 36.0 Å². The van der Waals surface area contributed by atoms with Gasteiger partial charge in [-0.05, 0) is 48.0 Å². The zero-order chi connectivity index (χ0) is 25.4. The molecule has 0 saturated carbocycles. The molecule has 1 N–H and O–H groups in total. The van der Waals surface area contributed by atoms with Gasteiger partial charge in [-0.25, -0.2) is 22.9 Å². The number of fused-ring (bicyclic) bond motifs is 1. The van der Waals surface area contributed by atoms with Crippen molar-refractivity contribution in [3.8, 4) is 0 Å². The third-order valence-electron chi connectivity index (χ3n) is 6.55. The van der Waals surface area contributed by atoms with Crippen LogP contribution in [0.4, 0.5) is 24.8 Å². The maximum absolute atomic E-state index is 14.4. The van der Waals surface area contributed by atoms with Crippen molar-refractivity contribution in [1.29, 1.82) is 0 Å². The number of alkyl halides is 2. The summed E-state index contributed by atoms with van der Waals surface area (Å²) >= 11 is 0. The van der Waals surface area contributed by atoms with Gasteiger partial charge in [-0.1, -0.05) is 24.3 Å². The number of hydrogen-bond donors (Lipinski definition) is 1. The lowest BCUT2D eigenvalue weighted by molar-refractivity contribution is 0.0164. The molecule has 186 valence electrons. The highest BCUT2D eigenvalue weighted by molar-refractivity contribution is 5.93. The largest absolute Gasteiger partial charge is 0.478 e. The predicted molar refractivity (Wildman–Crippen MR) is 133 cm³/mol. The first-order chi connectivity index (χ1) is 17.2. The topological polar surface area (TPSA) is 61.6 Å². The van der Waals surface area contributed by atoms with Crippen molar-refractivity contribution in [1.82, 2.24) is 9.55 Å². The fraction of sp³-hybridized carbons (Fsp3) is 0.259.